The van der Waals surface area contributed by atoms with E-state index in [9.17, 15) is 4.79 Å². The molecule has 1 saturated carbocycles. The van der Waals surface area contributed by atoms with Crippen LogP contribution in [0.2, 0.25) is 0 Å². The van der Waals surface area contributed by atoms with Crippen molar-refractivity contribution in [2.24, 2.45) is 7.05 Å². The van der Waals surface area contributed by atoms with Crippen molar-refractivity contribution < 1.29 is 4.79 Å². The van der Waals surface area contributed by atoms with Crippen LogP contribution in [0.15, 0.2) is 0 Å². The zero-order valence-corrected chi connectivity index (χ0v) is 13.5. The van der Waals surface area contributed by atoms with Gasteiger partial charge in [-0.1, -0.05) is 0 Å². The molecule has 1 aromatic heterocycles. The Labute approximate surface area is 132 Å². The molecular formula is C17H26N4O. The molecule has 0 bridgehead atoms. The SMILES string of the molecule is Cn1c([C@@H]2CCCN2CC(=O)NC2CC2)nc2c1CCCC2. The fraction of sp³-hybridized carbons (Fsp3) is 0.765. The molecule has 3 aliphatic rings. The number of aryl methyl sites for hydroxylation is 1. The van der Waals surface area contributed by atoms with E-state index in [-0.39, 0.29) is 5.91 Å². The number of hydrogen-bond donors (Lipinski definition) is 1. The maximum atomic E-state index is 12.1. The zero-order valence-electron chi connectivity index (χ0n) is 13.5. The summed E-state index contributed by atoms with van der Waals surface area (Å²) >= 11 is 0. The Kier molecular flexibility index (Phi) is 3.68. The minimum Gasteiger partial charge on any atom is -0.352 e. The fourth-order valence-electron chi connectivity index (χ4n) is 4.00. The number of carbonyl (C=O) groups is 1. The number of imidazole rings is 1. The minimum absolute atomic E-state index is 0.188. The number of aromatic nitrogens is 2. The molecule has 0 spiro atoms. The second-order valence-electron chi connectivity index (χ2n) is 7.10. The number of carbonyl (C=O) groups excluding carboxylic acids is 1. The Hall–Kier alpha value is -1.36. The van der Waals surface area contributed by atoms with Gasteiger partial charge in [0.15, 0.2) is 0 Å². The van der Waals surface area contributed by atoms with Crippen molar-refractivity contribution >= 4 is 5.91 Å². The third-order valence-electron chi connectivity index (χ3n) is 5.36. The summed E-state index contributed by atoms with van der Waals surface area (Å²) in [7, 11) is 2.16. The van der Waals surface area contributed by atoms with Gasteiger partial charge in [0.1, 0.15) is 5.82 Å². The molecule has 1 atom stereocenters. The van der Waals surface area contributed by atoms with Gasteiger partial charge in [-0.05, 0) is 57.9 Å². The summed E-state index contributed by atoms with van der Waals surface area (Å²) < 4.78 is 2.32. The Balaban J connectivity index is 1.50. The maximum Gasteiger partial charge on any atom is 0.234 e. The van der Waals surface area contributed by atoms with Crippen molar-refractivity contribution in [3.63, 3.8) is 0 Å². The van der Waals surface area contributed by atoms with Crippen molar-refractivity contribution in [2.45, 2.75) is 63.5 Å². The predicted molar refractivity (Wildman–Crippen MR) is 84.6 cm³/mol. The van der Waals surface area contributed by atoms with Gasteiger partial charge >= 0.3 is 0 Å². The lowest BCUT2D eigenvalue weighted by molar-refractivity contribution is -0.122. The molecule has 1 amide bonds. The van der Waals surface area contributed by atoms with E-state index in [0.717, 1.165) is 38.6 Å². The van der Waals surface area contributed by atoms with Crippen molar-refractivity contribution in [2.75, 3.05) is 13.1 Å². The van der Waals surface area contributed by atoms with E-state index in [1.54, 1.807) is 0 Å². The number of fused-ring (bicyclic) bond motifs is 1. The van der Waals surface area contributed by atoms with Crippen molar-refractivity contribution in [1.29, 1.82) is 0 Å². The first kappa shape index (κ1) is 14.2. The molecule has 1 aromatic rings. The summed E-state index contributed by atoms with van der Waals surface area (Å²) in [6.07, 6.45) is 9.43. The molecule has 0 aromatic carbocycles. The van der Waals surface area contributed by atoms with Gasteiger partial charge in [0.2, 0.25) is 5.91 Å². The van der Waals surface area contributed by atoms with Crippen LogP contribution in [0.25, 0.3) is 0 Å². The standard InChI is InChI=1S/C17H26N4O/c1-20-14-6-3-2-5-13(14)19-17(20)15-7-4-10-21(15)11-16(22)18-12-8-9-12/h12,15H,2-11H2,1H3,(H,18,22)/t15-/m0/s1. The van der Waals surface area contributed by atoms with Crippen LogP contribution >= 0.6 is 0 Å². The molecule has 5 nitrogen and oxygen atoms in total. The molecule has 4 rings (SSSR count). The van der Waals surface area contributed by atoms with Gasteiger partial charge in [0.05, 0.1) is 18.3 Å². The number of rotatable bonds is 4. The number of nitrogens with one attached hydrogen (secondary N) is 1. The summed E-state index contributed by atoms with van der Waals surface area (Å²) in [6.45, 7) is 1.54. The molecule has 1 aliphatic heterocycles. The summed E-state index contributed by atoms with van der Waals surface area (Å²) in [5, 5.41) is 3.11. The first-order valence-corrected chi connectivity index (χ1v) is 8.80. The van der Waals surface area contributed by atoms with Crippen LogP contribution in [0, 0.1) is 0 Å². The topological polar surface area (TPSA) is 50.2 Å². The Morgan fingerprint density at radius 1 is 1.23 bits per heavy atom. The highest BCUT2D eigenvalue weighted by molar-refractivity contribution is 5.78. The average molecular weight is 302 g/mol. The Bertz CT molecular complexity index is 575. The monoisotopic (exact) mass is 302 g/mol. The molecule has 0 radical (unpaired) electrons. The maximum absolute atomic E-state index is 12.1. The highest BCUT2D eigenvalue weighted by atomic mass is 16.2. The Morgan fingerprint density at radius 2 is 2.05 bits per heavy atom. The van der Waals surface area contributed by atoms with Gasteiger partial charge in [0.25, 0.3) is 0 Å². The first-order chi connectivity index (χ1) is 10.7. The quantitative estimate of drug-likeness (QED) is 0.921. The summed E-state index contributed by atoms with van der Waals surface area (Å²) in [5.41, 5.74) is 2.73. The molecule has 1 saturated heterocycles. The average Bonchev–Trinajstić information content (AvgIpc) is 3.10. The van der Waals surface area contributed by atoms with E-state index < -0.39 is 0 Å². The van der Waals surface area contributed by atoms with Crippen LogP contribution in [0.4, 0.5) is 0 Å². The minimum atomic E-state index is 0.188. The predicted octanol–water partition coefficient (Wildman–Crippen LogP) is 1.71. The molecule has 2 fully saturated rings. The van der Waals surface area contributed by atoms with Gasteiger partial charge in [0, 0.05) is 18.8 Å². The van der Waals surface area contributed by atoms with Crippen LogP contribution in [0.5, 0.6) is 0 Å². The van der Waals surface area contributed by atoms with Crippen LogP contribution < -0.4 is 5.32 Å². The van der Waals surface area contributed by atoms with E-state index in [1.165, 1.54) is 36.5 Å². The lowest BCUT2D eigenvalue weighted by Crippen LogP contribution is -2.38. The number of nitrogens with zero attached hydrogens (tertiary/aromatic N) is 3. The lowest BCUT2D eigenvalue weighted by atomic mass is 10.0. The van der Waals surface area contributed by atoms with Crippen molar-refractivity contribution in [1.82, 2.24) is 19.8 Å². The number of likely N-dealkylation sites (tertiary alicyclic amines) is 1. The first-order valence-electron chi connectivity index (χ1n) is 8.80. The third-order valence-corrected chi connectivity index (χ3v) is 5.36. The molecule has 120 valence electrons. The molecule has 2 aliphatic carbocycles. The Morgan fingerprint density at radius 3 is 2.82 bits per heavy atom. The normalized spacial score (nSPS) is 25.2. The molecular weight excluding hydrogens is 276 g/mol. The van der Waals surface area contributed by atoms with Crippen molar-refractivity contribution in [3.8, 4) is 0 Å². The van der Waals surface area contributed by atoms with Gasteiger partial charge in [-0.25, -0.2) is 4.98 Å². The molecule has 22 heavy (non-hydrogen) atoms. The number of amides is 1. The van der Waals surface area contributed by atoms with E-state index in [0.29, 0.717) is 18.6 Å². The lowest BCUT2D eigenvalue weighted by Gasteiger charge is -2.23. The van der Waals surface area contributed by atoms with Gasteiger partial charge in [-0.15, -0.1) is 0 Å². The van der Waals surface area contributed by atoms with Gasteiger partial charge in [-0.2, -0.15) is 0 Å². The van der Waals surface area contributed by atoms with Crippen LogP contribution in [-0.4, -0.2) is 39.5 Å². The number of hydrogen-bond acceptors (Lipinski definition) is 3. The summed E-state index contributed by atoms with van der Waals surface area (Å²) in [5.74, 6) is 1.37. The zero-order chi connectivity index (χ0) is 15.1. The second-order valence-corrected chi connectivity index (χ2v) is 7.10. The van der Waals surface area contributed by atoms with Crippen LogP contribution in [-0.2, 0) is 24.7 Å². The van der Waals surface area contributed by atoms with Crippen molar-refractivity contribution in [3.05, 3.63) is 17.2 Å². The van der Waals surface area contributed by atoms with Gasteiger partial charge < -0.3 is 9.88 Å². The third kappa shape index (κ3) is 2.67. The van der Waals surface area contributed by atoms with Gasteiger partial charge in [-0.3, -0.25) is 9.69 Å². The highest BCUT2D eigenvalue weighted by Crippen LogP contribution is 2.33. The molecule has 0 unspecified atom stereocenters. The summed E-state index contributed by atoms with van der Waals surface area (Å²) in [4.78, 5) is 19.4. The smallest absolute Gasteiger partial charge is 0.234 e. The molecule has 1 N–H and O–H groups in total. The summed E-state index contributed by atoms with van der Waals surface area (Å²) in [6, 6.07) is 0.773. The van der Waals surface area contributed by atoms with Crippen LogP contribution in [0.3, 0.4) is 0 Å². The highest BCUT2D eigenvalue weighted by Gasteiger charge is 2.33. The molecule has 2 heterocycles. The second kappa shape index (κ2) is 5.69. The van der Waals surface area contributed by atoms with E-state index in [1.807, 2.05) is 0 Å². The van der Waals surface area contributed by atoms with E-state index in [4.69, 9.17) is 4.98 Å². The fourth-order valence-corrected chi connectivity index (χ4v) is 4.00. The largest absolute Gasteiger partial charge is 0.352 e. The van der Waals surface area contributed by atoms with Crippen LogP contribution in [0.1, 0.15) is 61.8 Å². The van der Waals surface area contributed by atoms with E-state index in [2.05, 4.69) is 21.8 Å². The van der Waals surface area contributed by atoms with E-state index >= 15 is 0 Å². The molecule has 5 heteroatoms.